The van der Waals surface area contributed by atoms with Gasteiger partial charge in [0, 0.05) is 11.6 Å². The van der Waals surface area contributed by atoms with E-state index in [0.29, 0.717) is 16.4 Å². The number of nitrogens with one attached hydrogen (secondary N) is 1. The first-order chi connectivity index (χ1) is 8.06. The maximum atomic E-state index is 12.0. The molecule has 0 fully saturated rings. The van der Waals surface area contributed by atoms with E-state index in [1.807, 2.05) is 12.3 Å². The topological polar surface area (TPSA) is 49.3 Å². The lowest BCUT2D eigenvalue weighted by molar-refractivity contribution is 0.0934. The van der Waals surface area contributed by atoms with E-state index in [2.05, 4.69) is 31.0 Å². The zero-order valence-electron chi connectivity index (χ0n) is 10.3. The third kappa shape index (κ3) is 3.88. The van der Waals surface area contributed by atoms with Gasteiger partial charge in [-0.1, -0.05) is 25.7 Å². The summed E-state index contributed by atoms with van der Waals surface area (Å²) < 4.78 is 0. The minimum atomic E-state index is -0.195. The molecule has 0 bridgehead atoms. The third-order valence-corrected chi connectivity index (χ3v) is 3.45. The highest BCUT2D eigenvalue weighted by Gasteiger charge is 2.15. The molecular weight excluding hydrogens is 234 g/mol. The quantitative estimate of drug-likeness (QED) is 0.806. The normalized spacial score (nSPS) is 11.8. The second kappa shape index (κ2) is 6.43. The van der Waals surface area contributed by atoms with Gasteiger partial charge in [0.25, 0.3) is 5.91 Å². The molecule has 0 radical (unpaired) electrons. The largest absolute Gasteiger partial charge is 0.384 e. The third-order valence-electron chi connectivity index (χ3n) is 2.53. The highest BCUT2D eigenvalue weighted by atomic mass is 32.1. The Balaban J connectivity index is 2.79. The number of aliphatic hydroxyl groups excluding tert-OH is 1. The predicted molar refractivity (Wildman–Crippen MR) is 70.0 cm³/mol. The van der Waals surface area contributed by atoms with Gasteiger partial charge in [-0.05, 0) is 24.3 Å². The SMILES string of the molecule is CC(C)C(C)NC(=O)c1sccc1C#CCO. The fourth-order valence-corrected chi connectivity index (χ4v) is 1.91. The molecule has 0 aliphatic rings. The average Bonchev–Trinajstić information content (AvgIpc) is 2.74. The van der Waals surface area contributed by atoms with E-state index in [0.717, 1.165) is 0 Å². The van der Waals surface area contributed by atoms with E-state index in [-0.39, 0.29) is 18.6 Å². The molecule has 1 unspecified atom stereocenters. The molecule has 0 aromatic carbocycles. The minimum absolute atomic E-state index is 0.0940. The summed E-state index contributed by atoms with van der Waals surface area (Å²) in [7, 11) is 0. The molecule has 1 atom stereocenters. The van der Waals surface area contributed by atoms with Gasteiger partial charge in [-0.3, -0.25) is 4.79 Å². The van der Waals surface area contributed by atoms with E-state index in [1.54, 1.807) is 6.07 Å². The van der Waals surface area contributed by atoms with Crippen LogP contribution in [0.5, 0.6) is 0 Å². The van der Waals surface area contributed by atoms with E-state index < -0.39 is 0 Å². The highest BCUT2D eigenvalue weighted by Crippen LogP contribution is 2.16. The zero-order valence-corrected chi connectivity index (χ0v) is 11.1. The molecule has 17 heavy (non-hydrogen) atoms. The van der Waals surface area contributed by atoms with E-state index in [4.69, 9.17) is 5.11 Å². The Hall–Kier alpha value is -1.31. The highest BCUT2D eigenvalue weighted by molar-refractivity contribution is 7.12. The van der Waals surface area contributed by atoms with E-state index in [1.165, 1.54) is 11.3 Å². The molecule has 1 amide bonds. The molecule has 2 N–H and O–H groups in total. The van der Waals surface area contributed by atoms with Crippen molar-refractivity contribution in [2.75, 3.05) is 6.61 Å². The maximum Gasteiger partial charge on any atom is 0.262 e. The number of hydrogen-bond donors (Lipinski definition) is 2. The van der Waals surface area contributed by atoms with E-state index in [9.17, 15) is 4.79 Å². The second-order valence-electron chi connectivity index (χ2n) is 4.13. The lowest BCUT2D eigenvalue weighted by atomic mass is 10.1. The van der Waals surface area contributed by atoms with Crippen LogP contribution in [-0.4, -0.2) is 23.7 Å². The average molecular weight is 251 g/mol. The van der Waals surface area contributed by atoms with Crippen LogP contribution in [0.15, 0.2) is 11.4 Å². The first-order valence-electron chi connectivity index (χ1n) is 5.54. The van der Waals surface area contributed by atoms with Crippen molar-refractivity contribution in [3.63, 3.8) is 0 Å². The predicted octanol–water partition coefficient (Wildman–Crippen LogP) is 1.87. The maximum absolute atomic E-state index is 12.0. The molecule has 3 nitrogen and oxygen atoms in total. The van der Waals surface area contributed by atoms with Gasteiger partial charge < -0.3 is 10.4 Å². The summed E-state index contributed by atoms with van der Waals surface area (Å²) in [6.45, 7) is 5.91. The monoisotopic (exact) mass is 251 g/mol. The van der Waals surface area contributed by atoms with Crippen LogP contribution in [0.2, 0.25) is 0 Å². The fourth-order valence-electron chi connectivity index (χ4n) is 1.16. The Kier molecular flexibility index (Phi) is 5.20. The van der Waals surface area contributed by atoms with Gasteiger partial charge in [0.15, 0.2) is 0 Å². The van der Waals surface area contributed by atoms with Gasteiger partial charge >= 0.3 is 0 Å². The summed E-state index contributed by atoms with van der Waals surface area (Å²) in [4.78, 5) is 12.6. The summed E-state index contributed by atoms with van der Waals surface area (Å²) in [5.41, 5.74) is 0.678. The molecule has 1 aromatic heterocycles. The van der Waals surface area contributed by atoms with Crippen molar-refractivity contribution in [3.8, 4) is 11.8 Å². The molecule has 0 aliphatic carbocycles. The zero-order chi connectivity index (χ0) is 12.8. The van der Waals surface area contributed by atoms with Crippen molar-refractivity contribution in [2.24, 2.45) is 5.92 Å². The first-order valence-corrected chi connectivity index (χ1v) is 6.42. The summed E-state index contributed by atoms with van der Waals surface area (Å²) >= 11 is 1.37. The lowest BCUT2D eigenvalue weighted by Gasteiger charge is -2.16. The molecule has 0 spiro atoms. The number of aliphatic hydroxyl groups is 1. The Bertz CT molecular complexity index is 440. The van der Waals surface area contributed by atoms with Crippen LogP contribution >= 0.6 is 11.3 Å². The van der Waals surface area contributed by atoms with Crippen molar-refractivity contribution in [1.29, 1.82) is 0 Å². The van der Waals surface area contributed by atoms with Crippen LogP contribution in [0.3, 0.4) is 0 Å². The molecule has 1 heterocycles. The molecule has 0 saturated heterocycles. The van der Waals surface area contributed by atoms with Crippen LogP contribution in [-0.2, 0) is 0 Å². The molecule has 1 aromatic rings. The standard InChI is InChI=1S/C13H17NO2S/c1-9(2)10(3)14-13(16)12-11(5-4-7-15)6-8-17-12/h6,8-10,15H,7H2,1-3H3,(H,14,16). The molecule has 0 saturated carbocycles. The molecule has 1 rings (SSSR count). The summed E-state index contributed by atoms with van der Waals surface area (Å²) in [6, 6.07) is 1.92. The number of thiophene rings is 1. The van der Waals surface area contributed by atoms with Gasteiger partial charge in [0.2, 0.25) is 0 Å². The van der Waals surface area contributed by atoms with Crippen molar-refractivity contribution in [3.05, 3.63) is 21.9 Å². The van der Waals surface area contributed by atoms with Crippen molar-refractivity contribution in [1.82, 2.24) is 5.32 Å². The molecule has 4 heteroatoms. The summed E-state index contributed by atoms with van der Waals surface area (Å²) in [5, 5.41) is 13.4. The Morgan fingerprint density at radius 3 is 2.82 bits per heavy atom. The van der Waals surface area contributed by atoms with Crippen LogP contribution < -0.4 is 5.32 Å². The minimum Gasteiger partial charge on any atom is -0.384 e. The molecule has 0 aliphatic heterocycles. The Morgan fingerprint density at radius 1 is 1.53 bits per heavy atom. The number of amides is 1. The van der Waals surface area contributed by atoms with Gasteiger partial charge in [-0.15, -0.1) is 11.3 Å². The second-order valence-corrected chi connectivity index (χ2v) is 5.05. The van der Waals surface area contributed by atoms with Crippen molar-refractivity contribution < 1.29 is 9.90 Å². The fraction of sp³-hybridized carbons (Fsp3) is 0.462. The van der Waals surface area contributed by atoms with Crippen molar-refractivity contribution in [2.45, 2.75) is 26.8 Å². The summed E-state index contributed by atoms with van der Waals surface area (Å²) in [6.07, 6.45) is 0. The van der Waals surface area contributed by atoms with E-state index >= 15 is 0 Å². The van der Waals surface area contributed by atoms with Crippen LogP contribution in [0.25, 0.3) is 0 Å². The number of carbonyl (C=O) groups is 1. The van der Waals surface area contributed by atoms with Crippen molar-refractivity contribution >= 4 is 17.2 Å². The first kappa shape index (κ1) is 13.8. The van der Waals surface area contributed by atoms with Gasteiger partial charge in [0.1, 0.15) is 11.5 Å². The number of carbonyl (C=O) groups excluding carboxylic acids is 1. The lowest BCUT2D eigenvalue weighted by Crippen LogP contribution is -2.35. The van der Waals surface area contributed by atoms with Crippen LogP contribution in [0, 0.1) is 17.8 Å². The Morgan fingerprint density at radius 2 is 2.24 bits per heavy atom. The molecular formula is C13H17NO2S. The Labute approximate surface area is 106 Å². The summed E-state index contributed by atoms with van der Waals surface area (Å²) in [5.74, 6) is 5.63. The number of hydrogen-bond acceptors (Lipinski definition) is 3. The number of rotatable bonds is 3. The smallest absolute Gasteiger partial charge is 0.262 e. The van der Waals surface area contributed by atoms with Crippen LogP contribution in [0.4, 0.5) is 0 Å². The molecule has 92 valence electrons. The van der Waals surface area contributed by atoms with Crippen LogP contribution in [0.1, 0.15) is 36.0 Å². The van der Waals surface area contributed by atoms with Gasteiger partial charge in [0.05, 0.1) is 0 Å². The van der Waals surface area contributed by atoms with Gasteiger partial charge in [-0.25, -0.2) is 0 Å². The van der Waals surface area contributed by atoms with Gasteiger partial charge in [-0.2, -0.15) is 0 Å².